The summed E-state index contributed by atoms with van der Waals surface area (Å²) in [5, 5.41) is 17.8. The summed E-state index contributed by atoms with van der Waals surface area (Å²) in [6.07, 6.45) is 14.4. The summed E-state index contributed by atoms with van der Waals surface area (Å²) in [4.78, 5) is 26.0. The molecule has 0 amide bonds. The number of carbonyl (C=O) groups is 1. The maximum atomic E-state index is 10.5. The summed E-state index contributed by atoms with van der Waals surface area (Å²) in [5.41, 5.74) is 0. The molecule has 0 unspecified atom stereocenters. The van der Waals surface area contributed by atoms with Crippen LogP contribution in [-0.2, 0) is 19.5 Å². The van der Waals surface area contributed by atoms with Gasteiger partial charge in [0.15, 0.2) is 0 Å². The molecule has 26 heavy (non-hydrogen) atoms. The smallest absolute Gasteiger partial charge is 0.303 e. The van der Waals surface area contributed by atoms with Crippen LogP contribution in [0.3, 0.4) is 0 Å². The van der Waals surface area contributed by atoms with Crippen molar-refractivity contribution in [2.45, 2.75) is 95.9 Å². The third-order valence-corrected chi connectivity index (χ3v) is 5.62. The van der Waals surface area contributed by atoms with E-state index >= 15 is 0 Å². The van der Waals surface area contributed by atoms with Gasteiger partial charge in [0.1, 0.15) is 12.2 Å². The molecule has 2 bridgehead atoms. The van der Waals surface area contributed by atoms with E-state index in [-0.39, 0.29) is 24.7 Å². The zero-order valence-electron chi connectivity index (χ0n) is 15.8. The zero-order chi connectivity index (χ0) is 18.8. The van der Waals surface area contributed by atoms with Crippen LogP contribution in [0, 0.1) is 11.8 Å². The number of fused-ring (bicyclic) bond motifs is 2. The Morgan fingerprint density at radius 3 is 2.65 bits per heavy atom. The minimum Gasteiger partial charge on any atom is -0.481 e. The third kappa shape index (κ3) is 6.65. The number of aliphatic carboxylic acids is 1. The molecule has 0 radical (unpaired) electrons. The molecular weight excluding hydrogens is 336 g/mol. The molecule has 1 aliphatic carbocycles. The van der Waals surface area contributed by atoms with Gasteiger partial charge >= 0.3 is 5.97 Å². The van der Waals surface area contributed by atoms with E-state index in [1.165, 1.54) is 0 Å². The van der Waals surface area contributed by atoms with Crippen LogP contribution < -0.4 is 0 Å². The summed E-state index contributed by atoms with van der Waals surface area (Å²) in [6.45, 7) is 2.16. The highest BCUT2D eigenvalue weighted by molar-refractivity contribution is 5.66. The summed E-state index contributed by atoms with van der Waals surface area (Å²) in [7, 11) is 0. The molecule has 1 saturated carbocycles. The Morgan fingerprint density at radius 1 is 1.15 bits per heavy atom. The molecule has 150 valence electrons. The van der Waals surface area contributed by atoms with Gasteiger partial charge < -0.3 is 5.11 Å². The Hall–Kier alpha value is -0.950. The molecular formula is C20H34O6. The highest BCUT2D eigenvalue weighted by Crippen LogP contribution is 2.45. The summed E-state index contributed by atoms with van der Waals surface area (Å²) < 4.78 is 0. The van der Waals surface area contributed by atoms with Gasteiger partial charge in [0.05, 0.1) is 6.10 Å². The van der Waals surface area contributed by atoms with E-state index < -0.39 is 5.97 Å². The summed E-state index contributed by atoms with van der Waals surface area (Å²) in [6, 6.07) is 0. The van der Waals surface area contributed by atoms with E-state index in [1.54, 1.807) is 0 Å². The molecule has 0 aromatic carbocycles. The van der Waals surface area contributed by atoms with Crippen LogP contribution in [0.25, 0.3) is 0 Å². The highest BCUT2D eigenvalue weighted by Gasteiger charge is 2.49. The molecule has 1 aliphatic heterocycles. The number of hydrogen-bond acceptors (Lipinski definition) is 5. The average Bonchev–Trinajstić information content (AvgIpc) is 3.22. The molecule has 2 fully saturated rings. The molecule has 0 aromatic heterocycles. The Morgan fingerprint density at radius 2 is 1.92 bits per heavy atom. The highest BCUT2D eigenvalue weighted by atomic mass is 17.2. The first-order valence-corrected chi connectivity index (χ1v) is 10.2. The van der Waals surface area contributed by atoms with Crippen LogP contribution in [0.1, 0.15) is 77.6 Å². The summed E-state index contributed by atoms with van der Waals surface area (Å²) in [5.74, 6) is 0.0181. The first kappa shape index (κ1) is 21.4. The van der Waals surface area contributed by atoms with E-state index in [0.717, 1.165) is 64.2 Å². The van der Waals surface area contributed by atoms with E-state index in [1.807, 2.05) is 6.08 Å². The van der Waals surface area contributed by atoms with Gasteiger partial charge in [-0.2, -0.15) is 0 Å². The zero-order valence-corrected chi connectivity index (χ0v) is 15.8. The van der Waals surface area contributed by atoms with Crippen LogP contribution in [0.2, 0.25) is 0 Å². The number of rotatable bonds is 14. The van der Waals surface area contributed by atoms with Crippen molar-refractivity contribution >= 4 is 5.97 Å². The number of hydrogen-bond donors (Lipinski definition) is 2. The van der Waals surface area contributed by atoms with Crippen LogP contribution >= 0.6 is 0 Å². The predicted octanol–water partition coefficient (Wildman–Crippen LogP) is 4.74. The van der Waals surface area contributed by atoms with Crippen molar-refractivity contribution in [3.8, 4) is 0 Å². The fraction of sp³-hybridized carbons (Fsp3) is 0.850. The largest absolute Gasteiger partial charge is 0.481 e. The first-order chi connectivity index (χ1) is 12.7. The molecule has 5 atom stereocenters. The minimum atomic E-state index is -0.714. The Balaban J connectivity index is 1.76. The lowest BCUT2D eigenvalue weighted by Crippen LogP contribution is -2.29. The maximum Gasteiger partial charge on any atom is 0.303 e. The van der Waals surface area contributed by atoms with Crippen LogP contribution in [-0.4, -0.2) is 34.6 Å². The number of carboxylic acids is 1. The van der Waals surface area contributed by atoms with Crippen molar-refractivity contribution in [2.24, 2.45) is 11.8 Å². The Labute approximate surface area is 156 Å². The second kappa shape index (κ2) is 11.7. The van der Waals surface area contributed by atoms with E-state index in [4.69, 9.17) is 20.1 Å². The lowest BCUT2D eigenvalue weighted by molar-refractivity contribution is -0.337. The molecule has 2 aliphatic rings. The normalized spacial score (nSPS) is 28.8. The maximum absolute atomic E-state index is 10.5. The SMILES string of the molecule is CCCCC[C@@H](/C=C/[C@H]1[C@H](CCCCCCC(=O)O)[C@H]2C[C@@H]1OO2)OO. The molecule has 6 nitrogen and oxygen atoms in total. The van der Waals surface area contributed by atoms with Crippen molar-refractivity contribution in [3.05, 3.63) is 12.2 Å². The second-order valence-corrected chi connectivity index (χ2v) is 7.62. The lowest BCUT2D eigenvalue weighted by atomic mass is 9.87. The predicted molar refractivity (Wildman–Crippen MR) is 97.5 cm³/mol. The van der Waals surface area contributed by atoms with E-state index in [2.05, 4.69) is 17.9 Å². The van der Waals surface area contributed by atoms with Gasteiger partial charge in [-0.1, -0.05) is 57.6 Å². The van der Waals surface area contributed by atoms with Gasteiger partial charge in [0.25, 0.3) is 0 Å². The molecule has 0 aromatic rings. The van der Waals surface area contributed by atoms with Gasteiger partial charge in [0.2, 0.25) is 0 Å². The molecule has 0 spiro atoms. The fourth-order valence-corrected chi connectivity index (χ4v) is 4.13. The summed E-state index contributed by atoms with van der Waals surface area (Å²) >= 11 is 0. The van der Waals surface area contributed by atoms with Crippen molar-refractivity contribution in [2.75, 3.05) is 0 Å². The molecule has 2 rings (SSSR count). The van der Waals surface area contributed by atoms with Crippen LogP contribution in [0.4, 0.5) is 0 Å². The second-order valence-electron chi connectivity index (χ2n) is 7.62. The monoisotopic (exact) mass is 370 g/mol. The van der Waals surface area contributed by atoms with Crippen molar-refractivity contribution in [1.82, 2.24) is 0 Å². The van der Waals surface area contributed by atoms with E-state index in [9.17, 15) is 4.79 Å². The van der Waals surface area contributed by atoms with Gasteiger partial charge in [-0.05, 0) is 25.2 Å². The first-order valence-electron chi connectivity index (χ1n) is 10.2. The van der Waals surface area contributed by atoms with Crippen LogP contribution in [0.15, 0.2) is 12.2 Å². The standard InChI is InChI=1S/C20H34O6/c1-2-3-6-9-15(24-23)12-13-17-16(18-14-19(17)26-25-18)10-7-4-5-8-11-20(21)22/h12-13,15-19,23H,2-11,14H2,1H3,(H,21,22)/b13-12+/t15-,16-,17-,18+,19-/m0/s1. The molecule has 1 saturated heterocycles. The molecule has 1 heterocycles. The van der Waals surface area contributed by atoms with Gasteiger partial charge in [0, 0.05) is 18.8 Å². The van der Waals surface area contributed by atoms with E-state index in [0.29, 0.717) is 11.8 Å². The van der Waals surface area contributed by atoms with Gasteiger partial charge in [-0.25, -0.2) is 14.7 Å². The van der Waals surface area contributed by atoms with Crippen molar-refractivity contribution in [3.63, 3.8) is 0 Å². The average molecular weight is 370 g/mol. The van der Waals surface area contributed by atoms with Crippen LogP contribution in [0.5, 0.6) is 0 Å². The van der Waals surface area contributed by atoms with Crippen molar-refractivity contribution in [1.29, 1.82) is 0 Å². The number of carboxylic acid groups (broad SMARTS) is 1. The topological polar surface area (TPSA) is 85.2 Å². The quantitative estimate of drug-likeness (QED) is 0.199. The minimum absolute atomic E-state index is 0.100. The molecule has 2 N–H and O–H groups in total. The number of unbranched alkanes of at least 4 members (excludes halogenated alkanes) is 5. The van der Waals surface area contributed by atoms with Gasteiger partial charge in [-0.3, -0.25) is 10.1 Å². The third-order valence-electron chi connectivity index (χ3n) is 5.62. The lowest BCUT2D eigenvalue weighted by Gasteiger charge is -2.28. The Kier molecular flexibility index (Phi) is 9.61. The fourth-order valence-electron chi connectivity index (χ4n) is 4.13. The van der Waals surface area contributed by atoms with Crippen molar-refractivity contribution < 1.29 is 29.8 Å². The van der Waals surface area contributed by atoms with Gasteiger partial charge in [-0.15, -0.1) is 0 Å². The molecule has 6 heteroatoms. The Bertz CT molecular complexity index is 438.